The quantitative estimate of drug-likeness (QED) is 0.692. The number of nitro benzene ring substituents is 1. The first-order valence-corrected chi connectivity index (χ1v) is 7.15. The van der Waals surface area contributed by atoms with E-state index in [9.17, 15) is 14.9 Å². The predicted octanol–water partition coefficient (Wildman–Crippen LogP) is 2.69. The molecule has 22 heavy (non-hydrogen) atoms. The highest BCUT2D eigenvalue weighted by molar-refractivity contribution is 7.20. The number of nitrogens with one attached hydrogen (secondary N) is 1. The molecule has 110 valence electrons. The molecule has 0 spiro atoms. The first kappa shape index (κ1) is 14.0. The van der Waals surface area contributed by atoms with Crippen molar-refractivity contribution in [2.45, 2.75) is 6.42 Å². The van der Waals surface area contributed by atoms with Crippen LogP contribution in [-0.4, -0.2) is 17.4 Å². The molecular weight excluding hydrogens is 306 g/mol. The molecule has 7 nitrogen and oxygen atoms in total. The Labute approximate surface area is 128 Å². The van der Waals surface area contributed by atoms with Crippen molar-refractivity contribution in [3.63, 3.8) is 0 Å². The maximum absolute atomic E-state index is 12.2. The lowest BCUT2D eigenvalue weighted by Crippen LogP contribution is -2.22. The van der Waals surface area contributed by atoms with Crippen LogP contribution in [0.2, 0.25) is 0 Å². The van der Waals surface area contributed by atoms with Gasteiger partial charge in [0.25, 0.3) is 11.6 Å². The molecule has 0 fully saturated rings. The molecule has 3 rings (SSSR count). The van der Waals surface area contributed by atoms with Crippen molar-refractivity contribution in [3.05, 3.63) is 50.7 Å². The number of fused-ring (bicyclic) bond motifs is 1. The average Bonchev–Trinajstić information content (AvgIpc) is 3.11. The molecular formula is C14H9N3O4S. The Morgan fingerprint density at radius 3 is 3.00 bits per heavy atom. The number of hydrogen-bond donors (Lipinski definition) is 1. The van der Waals surface area contributed by atoms with E-state index in [2.05, 4.69) is 5.32 Å². The Kier molecular flexibility index (Phi) is 3.48. The number of nitrogens with zero attached hydrogens (tertiary/aromatic N) is 2. The number of rotatable bonds is 3. The van der Waals surface area contributed by atoms with E-state index >= 15 is 0 Å². The van der Waals surface area contributed by atoms with Crippen LogP contribution in [0.25, 0.3) is 10.1 Å². The number of carbonyl (C=O) groups excluding carboxylic acids is 1. The van der Waals surface area contributed by atoms with Gasteiger partial charge in [0.1, 0.15) is 6.07 Å². The predicted molar refractivity (Wildman–Crippen MR) is 79.2 cm³/mol. The van der Waals surface area contributed by atoms with E-state index in [-0.39, 0.29) is 11.6 Å². The summed E-state index contributed by atoms with van der Waals surface area (Å²) in [6, 6.07) is 8.01. The van der Waals surface area contributed by atoms with Crippen LogP contribution in [0.15, 0.2) is 35.7 Å². The molecule has 0 radical (unpaired) electrons. The molecule has 0 aliphatic carbocycles. The fraction of sp³-hybridized carbons (Fsp3) is 0.143. The summed E-state index contributed by atoms with van der Waals surface area (Å²) in [5.41, 5.74) is 0.385. The highest BCUT2D eigenvalue weighted by Gasteiger charge is 2.20. The van der Waals surface area contributed by atoms with Gasteiger partial charge in [0, 0.05) is 28.6 Å². The van der Waals surface area contributed by atoms with E-state index in [0.29, 0.717) is 28.9 Å². The lowest BCUT2D eigenvalue weighted by molar-refractivity contribution is -0.384. The zero-order valence-corrected chi connectivity index (χ0v) is 12.0. The number of hydrogen-bond acceptors (Lipinski definition) is 6. The van der Waals surface area contributed by atoms with Crippen molar-refractivity contribution in [1.82, 2.24) is 5.32 Å². The lowest BCUT2D eigenvalue weighted by atomic mass is 10.2. The number of carbonyl (C=O) groups is 1. The molecule has 1 aromatic heterocycles. The number of thiophene rings is 1. The molecule has 1 aliphatic heterocycles. The Morgan fingerprint density at radius 2 is 2.27 bits per heavy atom. The Hall–Kier alpha value is -2.92. The number of nitriles is 1. The van der Waals surface area contributed by atoms with Crippen molar-refractivity contribution in [3.8, 4) is 6.07 Å². The fourth-order valence-corrected chi connectivity index (χ4v) is 3.03. The lowest BCUT2D eigenvalue weighted by Gasteiger charge is -2.04. The molecule has 0 bridgehead atoms. The zero-order valence-electron chi connectivity index (χ0n) is 11.2. The van der Waals surface area contributed by atoms with Crippen LogP contribution in [0.4, 0.5) is 5.69 Å². The molecule has 0 unspecified atom stereocenters. The van der Waals surface area contributed by atoms with E-state index in [1.807, 2.05) is 6.07 Å². The van der Waals surface area contributed by atoms with Crippen LogP contribution in [0.5, 0.6) is 0 Å². The maximum atomic E-state index is 12.2. The van der Waals surface area contributed by atoms with E-state index in [4.69, 9.17) is 10.00 Å². The number of benzene rings is 1. The molecule has 0 atom stereocenters. The Morgan fingerprint density at radius 1 is 1.45 bits per heavy atom. The van der Waals surface area contributed by atoms with E-state index in [0.717, 1.165) is 4.70 Å². The van der Waals surface area contributed by atoms with Crippen LogP contribution in [-0.2, 0) is 4.74 Å². The highest BCUT2D eigenvalue weighted by Crippen LogP contribution is 2.29. The molecule has 1 N–H and O–H groups in total. The van der Waals surface area contributed by atoms with Gasteiger partial charge in [-0.3, -0.25) is 20.2 Å². The summed E-state index contributed by atoms with van der Waals surface area (Å²) >= 11 is 1.22. The average molecular weight is 315 g/mol. The molecule has 0 saturated heterocycles. The van der Waals surface area contributed by atoms with Gasteiger partial charge >= 0.3 is 0 Å². The smallest absolute Gasteiger partial charge is 0.270 e. The van der Waals surface area contributed by atoms with Gasteiger partial charge < -0.3 is 4.74 Å². The van der Waals surface area contributed by atoms with Gasteiger partial charge in [0.2, 0.25) is 5.88 Å². The van der Waals surface area contributed by atoms with Gasteiger partial charge in [-0.15, -0.1) is 11.3 Å². The third-order valence-corrected chi connectivity index (χ3v) is 4.28. The van der Waals surface area contributed by atoms with Gasteiger partial charge in [-0.2, -0.15) is 5.26 Å². The topological polar surface area (TPSA) is 105 Å². The minimum absolute atomic E-state index is 0.0224. The molecule has 2 heterocycles. The van der Waals surface area contributed by atoms with Gasteiger partial charge in [-0.25, -0.2) is 0 Å². The fourth-order valence-electron chi connectivity index (χ4n) is 2.09. The summed E-state index contributed by atoms with van der Waals surface area (Å²) in [7, 11) is 0. The van der Waals surface area contributed by atoms with Gasteiger partial charge in [-0.05, 0) is 12.1 Å². The molecule has 0 saturated carbocycles. The van der Waals surface area contributed by atoms with E-state index in [1.54, 1.807) is 12.1 Å². The van der Waals surface area contributed by atoms with E-state index < -0.39 is 10.8 Å². The summed E-state index contributed by atoms with van der Waals surface area (Å²) in [5.74, 6) is -0.204. The zero-order chi connectivity index (χ0) is 15.7. The largest absolute Gasteiger partial charge is 0.478 e. The van der Waals surface area contributed by atoms with Crippen LogP contribution >= 0.6 is 11.3 Å². The molecule has 1 amide bonds. The van der Waals surface area contributed by atoms with Gasteiger partial charge in [0.05, 0.1) is 22.0 Å². The van der Waals surface area contributed by atoms with Crippen LogP contribution in [0, 0.1) is 21.4 Å². The summed E-state index contributed by atoms with van der Waals surface area (Å²) in [6.45, 7) is 0.372. The van der Waals surface area contributed by atoms with Crippen molar-refractivity contribution in [2.75, 3.05) is 6.61 Å². The number of ether oxygens (including phenoxy) is 1. The monoisotopic (exact) mass is 315 g/mol. The standard InChI is InChI=1S/C14H9N3O4S/c15-7-8-3-4-21-14(8)16-13(18)12-6-9-5-10(17(19)20)1-2-11(9)22-12/h1-2,5-6H,3-4H2,(H,16,18). The number of non-ortho nitro benzene ring substituents is 1. The minimum atomic E-state index is -0.479. The second kappa shape index (κ2) is 5.46. The van der Waals surface area contributed by atoms with Crippen molar-refractivity contribution < 1.29 is 14.5 Å². The third-order valence-electron chi connectivity index (χ3n) is 3.17. The van der Waals surface area contributed by atoms with Crippen LogP contribution in [0.1, 0.15) is 16.1 Å². The van der Waals surface area contributed by atoms with Crippen LogP contribution in [0.3, 0.4) is 0 Å². The maximum Gasteiger partial charge on any atom is 0.270 e. The van der Waals surface area contributed by atoms with E-state index in [1.165, 1.54) is 23.5 Å². The summed E-state index contributed by atoms with van der Waals surface area (Å²) < 4.78 is 5.99. The van der Waals surface area contributed by atoms with Crippen molar-refractivity contribution in [2.24, 2.45) is 0 Å². The summed E-state index contributed by atoms with van der Waals surface area (Å²) in [6.07, 6.45) is 0.477. The SMILES string of the molecule is N#CC1=C(NC(=O)c2cc3cc([N+](=O)[O-])ccc3s2)OCC1. The molecule has 1 aliphatic rings. The van der Waals surface area contributed by atoms with Gasteiger partial charge in [0.15, 0.2) is 0 Å². The normalized spacial score (nSPS) is 13.8. The second-order valence-electron chi connectivity index (χ2n) is 4.56. The number of nitro groups is 1. The molecule has 8 heteroatoms. The first-order valence-electron chi connectivity index (χ1n) is 6.34. The Bertz CT molecular complexity index is 863. The first-order chi connectivity index (χ1) is 10.6. The summed E-state index contributed by atoms with van der Waals surface area (Å²) in [4.78, 5) is 22.9. The van der Waals surface area contributed by atoms with Gasteiger partial charge in [-0.1, -0.05) is 0 Å². The van der Waals surface area contributed by atoms with Crippen molar-refractivity contribution >= 4 is 33.0 Å². The van der Waals surface area contributed by atoms with Crippen molar-refractivity contribution in [1.29, 1.82) is 5.26 Å². The van der Waals surface area contributed by atoms with Crippen LogP contribution < -0.4 is 5.32 Å². The minimum Gasteiger partial charge on any atom is -0.478 e. The number of amides is 1. The molecule has 2 aromatic rings. The second-order valence-corrected chi connectivity index (χ2v) is 5.65. The molecule has 1 aromatic carbocycles. The Balaban J connectivity index is 1.89. The summed E-state index contributed by atoms with van der Waals surface area (Å²) in [5, 5.41) is 22.9. The highest BCUT2D eigenvalue weighted by atomic mass is 32.1. The third kappa shape index (κ3) is 2.49.